The highest BCUT2D eigenvalue weighted by Crippen LogP contribution is 2.33. The molecule has 25 heavy (non-hydrogen) atoms. The predicted molar refractivity (Wildman–Crippen MR) is 97.8 cm³/mol. The summed E-state index contributed by atoms with van der Waals surface area (Å²) >= 11 is 1.61. The molecule has 1 saturated heterocycles. The van der Waals surface area contributed by atoms with Gasteiger partial charge in [-0.05, 0) is 40.1 Å². The first-order valence-electron chi connectivity index (χ1n) is 8.18. The third-order valence-electron chi connectivity index (χ3n) is 4.64. The Bertz CT molecular complexity index is 831. The topological polar surface area (TPSA) is 58.6 Å². The zero-order valence-electron chi connectivity index (χ0n) is 13.6. The monoisotopic (exact) mass is 354 g/mol. The first-order chi connectivity index (χ1) is 12.2. The van der Waals surface area contributed by atoms with Crippen LogP contribution in [0, 0.1) is 0 Å². The van der Waals surface area contributed by atoms with Gasteiger partial charge >= 0.3 is 0 Å². The number of hydrogen-bond donors (Lipinski definition) is 1. The van der Waals surface area contributed by atoms with E-state index < -0.39 is 6.04 Å². The van der Waals surface area contributed by atoms with Crippen molar-refractivity contribution in [3.63, 3.8) is 0 Å². The molecule has 1 N–H and O–H groups in total. The van der Waals surface area contributed by atoms with E-state index in [0.717, 1.165) is 11.1 Å². The number of hydrogen-bond acceptors (Lipinski definition) is 4. The van der Waals surface area contributed by atoms with Crippen LogP contribution in [0.2, 0.25) is 0 Å². The second-order valence-corrected chi connectivity index (χ2v) is 6.99. The van der Waals surface area contributed by atoms with Gasteiger partial charge in [-0.25, -0.2) is 0 Å². The number of ether oxygens (including phenoxy) is 1. The van der Waals surface area contributed by atoms with Crippen LogP contribution in [0.5, 0.6) is 0 Å². The average molecular weight is 354 g/mol. The summed E-state index contributed by atoms with van der Waals surface area (Å²) in [6.07, 6.45) is 2.05. The van der Waals surface area contributed by atoms with Crippen LogP contribution < -0.4 is 5.32 Å². The molecule has 4 rings (SSSR count). The number of nitrogens with one attached hydrogen (secondary N) is 1. The van der Waals surface area contributed by atoms with Gasteiger partial charge in [-0.1, -0.05) is 12.1 Å². The van der Waals surface area contributed by atoms with E-state index in [1.165, 1.54) is 0 Å². The van der Waals surface area contributed by atoms with Gasteiger partial charge in [0.2, 0.25) is 5.91 Å². The number of benzene rings is 1. The van der Waals surface area contributed by atoms with E-state index in [9.17, 15) is 9.59 Å². The van der Waals surface area contributed by atoms with Crippen LogP contribution >= 0.6 is 11.3 Å². The maximum Gasteiger partial charge on any atom is 0.256 e. The number of anilines is 1. The van der Waals surface area contributed by atoms with Crippen LogP contribution in [0.25, 0.3) is 11.1 Å². The molecule has 5 nitrogen and oxygen atoms in total. The highest BCUT2D eigenvalue weighted by molar-refractivity contribution is 7.08. The Morgan fingerprint density at radius 1 is 1.32 bits per heavy atom. The van der Waals surface area contributed by atoms with Gasteiger partial charge in [-0.2, -0.15) is 11.3 Å². The lowest BCUT2D eigenvalue weighted by molar-refractivity contribution is -0.119. The summed E-state index contributed by atoms with van der Waals surface area (Å²) in [5.41, 5.74) is 3.15. The molecule has 2 aliphatic rings. The minimum Gasteiger partial charge on any atom is -0.372 e. The molecule has 3 heterocycles. The highest BCUT2D eigenvalue weighted by Gasteiger charge is 2.43. The number of thiophene rings is 1. The fourth-order valence-corrected chi connectivity index (χ4v) is 4.07. The average Bonchev–Trinajstić information content (AvgIpc) is 3.28. The minimum atomic E-state index is -0.487. The molecule has 1 aromatic heterocycles. The van der Waals surface area contributed by atoms with E-state index in [2.05, 4.69) is 11.9 Å². The molecule has 0 aliphatic carbocycles. The summed E-state index contributed by atoms with van der Waals surface area (Å²) in [5.74, 6) is -0.278. The van der Waals surface area contributed by atoms with Crippen LogP contribution in [0.3, 0.4) is 0 Å². The first kappa shape index (κ1) is 16.1. The molecule has 0 radical (unpaired) electrons. The number of amides is 2. The van der Waals surface area contributed by atoms with Crippen molar-refractivity contribution in [2.75, 3.05) is 18.5 Å². The fourth-order valence-electron chi connectivity index (χ4n) is 3.40. The zero-order chi connectivity index (χ0) is 17.4. The molecule has 2 amide bonds. The zero-order valence-corrected chi connectivity index (χ0v) is 14.4. The van der Waals surface area contributed by atoms with Gasteiger partial charge in [0.15, 0.2) is 0 Å². The molecule has 2 aromatic rings. The quantitative estimate of drug-likeness (QED) is 0.858. The van der Waals surface area contributed by atoms with E-state index in [1.807, 2.05) is 35.0 Å². The van der Waals surface area contributed by atoms with E-state index in [0.29, 0.717) is 30.8 Å². The summed E-state index contributed by atoms with van der Waals surface area (Å²) in [7, 11) is 0. The molecule has 1 aromatic carbocycles. The van der Waals surface area contributed by atoms with Gasteiger partial charge < -0.3 is 15.0 Å². The minimum absolute atomic E-state index is 0.125. The number of fused-ring (bicyclic) bond motifs is 2. The molecule has 6 heteroatoms. The molecule has 0 saturated carbocycles. The summed E-state index contributed by atoms with van der Waals surface area (Å²) in [6.45, 7) is 4.48. The lowest BCUT2D eigenvalue weighted by Gasteiger charge is -2.20. The number of carbonyl (C=O) groups excluding carboxylic acids is 2. The van der Waals surface area contributed by atoms with E-state index in [4.69, 9.17) is 4.74 Å². The van der Waals surface area contributed by atoms with Crippen LogP contribution in [0.4, 0.5) is 5.69 Å². The second-order valence-electron chi connectivity index (χ2n) is 6.21. The molecule has 128 valence electrons. The SMILES string of the molecule is C=CCO[C@@H]1C[C@H]2C(=O)Nc3ccc(-c4ccsc4)cc3C(=O)N2C1. The Morgan fingerprint density at radius 2 is 2.20 bits per heavy atom. The summed E-state index contributed by atoms with van der Waals surface area (Å²) < 4.78 is 5.66. The van der Waals surface area contributed by atoms with Crippen LogP contribution in [-0.2, 0) is 9.53 Å². The van der Waals surface area contributed by atoms with Crippen molar-refractivity contribution in [1.29, 1.82) is 0 Å². The van der Waals surface area contributed by atoms with Crippen molar-refractivity contribution in [1.82, 2.24) is 4.90 Å². The van der Waals surface area contributed by atoms with Crippen LogP contribution in [0.1, 0.15) is 16.8 Å². The van der Waals surface area contributed by atoms with Crippen molar-refractivity contribution in [2.24, 2.45) is 0 Å². The lowest BCUT2D eigenvalue weighted by atomic mass is 10.0. The normalized spacial score (nSPS) is 22.2. The van der Waals surface area contributed by atoms with Crippen molar-refractivity contribution in [3.05, 3.63) is 53.2 Å². The second kappa shape index (κ2) is 6.46. The van der Waals surface area contributed by atoms with Gasteiger partial charge in [-0.15, -0.1) is 6.58 Å². The van der Waals surface area contributed by atoms with Crippen LogP contribution in [0.15, 0.2) is 47.7 Å². The maximum absolute atomic E-state index is 13.1. The van der Waals surface area contributed by atoms with Gasteiger partial charge in [0, 0.05) is 13.0 Å². The van der Waals surface area contributed by atoms with Gasteiger partial charge in [0.1, 0.15) is 6.04 Å². The summed E-state index contributed by atoms with van der Waals surface area (Å²) in [5, 5.41) is 6.94. The Kier molecular flexibility index (Phi) is 4.15. The molecule has 0 bridgehead atoms. The molecule has 1 fully saturated rings. The van der Waals surface area contributed by atoms with Gasteiger partial charge in [0.25, 0.3) is 5.91 Å². The van der Waals surface area contributed by atoms with Crippen LogP contribution in [-0.4, -0.2) is 42.0 Å². The Labute approximate surface area is 149 Å². The first-order valence-corrected chi connectivity index (χ1v) is 9.12. The smallest absolute Gasteiger partial charge is 0.256 e. The van der Waals surface area contributed by atoms with Gasteiger partial charge in [-0.3, -0.25) is 9.59 Å². The predicted octanol–water partition coefficient (Wildman–Crippen LogP) is 3.15. The standard InChI is InChI=1S/C19H18N2O3S/c1-2-6-24-14-9-17-18(22)20-16-4-3-12(13-5-7-25-11-13)8-15(16)19(23)21(17)10-14/h2-5,7-8,11,14,17H,1,6,9-10H2,(H,20,22)/t14-,17+/m1/s1. The van der Waals surface area contributed by atoms with Crippen molar-refractivity contribution in [3.8, 4) is 11.1 Å². The third-order valence-corrected chi connectivity index (χ3v) is 5.32. The fraction of sp³-hybridized carbons (Fsp3) is 0.263. The molecular formula is C19H18N2O3S. The highest BCUT2D eigenvalue weighted by atomic mass is 32.1. The van der Waals surface area contributed by atoms with Gasteiger partial charge in [0.05, 0.1) is 24.0 Å². The summed E-state index contributed by atoms with van der Waals surface area (Å²) in [4.78, 5) is 27.3. The Hall–Kier alpha value is -2.44. The van der Waals surface area contributed by atoms with E-state index in [-0.39, 0.29) is 17.9 Å². The molecule has 0 spiro atoms. The lowest BCUT2D eigenvalue weighted by Crippen LogP contribution is -2.40. The van der Waals surface area contributed by atoms with Crippen molar-refractivity contribution < 1.29 is 14.3 Å². The molecule has 0 unspecified atom stereocenters. The maximum atomic E-state index is 13.1. The van der Waals surface area contributed by atoms with E-state index >= 15 is 0 Å². The molecule has 2 aliphatic heterocycles. The van der Waals surface area contributed by atoms with Crippen molar-refractivity contribution >= 4 is 28.8 Å². The van der Waals surface area contributed by atoms with E-state index in [1.54, 1.807) is 22.3 Å². The molecular weight excluding hydrogens is 336 g/mol. The number of carbonyl (C=O) groups is 2. The third kappa shape index (κ3) is 2.88. The number of rotatable bonds is 4. The largest absolute Gasteiger partial charge is 0.372 e. The summed E-state index contributed by atoms with van der Waals surface area (Å²) in [6, 6.07) is 7.14. The Morgan fingerprint density at radius 3 is 2.96 bits per heavy atom. The van der Waals surface area contributed by atoms with Crippen molar-refractivity contribution in [2.45, 2.75) is 18.6 Å². The number of nitrogens with zero attached hydrogens (tertiary/aromatic N) is 1. The molecule has 2 atom stereocenters. The Balaban J connectivity index is 1.67.